The van der Waals surface area contributed by atoms with Crippen molar-refractivity contribution in [3.63, 3.8) is 0 Å². The van der Waals surface area contributed by atoms with Crippen molar-refractivity contribution in [3.05, 3.63) is 62.0 Å². The summed E-state index contributed by atoms with van der Waals surface area (Å²) in [5.41, 5.74) is 0.674. The van der Waals surface area contributed by atoms with Crippen molar-refractivity contribution in [2.24, 2.45) is 0 Å². The quantitative estimate of drug-likeness (QED) is 0.745. The molecule has 2 aromatic rings. The number of halogens is 2. The zero-order chi connectivity index (χ0) is 16.0. The summed E-state index contributed by atoms with van der Waals surface area (Å²) in [5, 5.41) is 9.00. The Hall–Kier alpha value is -1.99. The van der Waals surface area contributed by atoms with Gasteiger partial charge >= 0.3 is 5.97 Å². The van der Waals surface area contributed by atoms with Gasteiger partial charge in [-0.05, 0) is 52.3 Å². The van der Waals surface area contributed by atoms with Crippen LogP contribution in [0.1, 0.15) is 31.1 Å². The van der Waals surface area contributed by atoms with Gasteiger partial charge in [-0.25, -0.2) is 9.69 Å². The molecule has 0 aliphatic carbocycles. The second-order valence-electron chi connectivity index (χ2n) is 4.61. The lowest BCUT2D eigenvalue weighted by Gasteiger charge is -2.15. The first-order valence-corrected chi connectivity index (χ1v) is 7.70. The standard InChI is InChI=1S/C15H7Br2NO4/c16-8-2-4-12(11(17)6-8)18-13(19)9-3-1-7(15(21)22)5-10(9)14(18)20/h1-6H,(H,21,22). The fourth-order valence-electron chi connectivity index (χ4n) is 2.26. The Morgan fingerprint density at radius 2 is 1.64 bits per heavy atom. The lowest BCUT2D eigenvalue weighted by atomic mass is 10.1. The Morgan fingerprint density at radius 3 is 2.27 bits per heavy atom. The van der Waals surface area contributed by atoms with E-state index in [1.165, 1.54) is 18.2 Å². The number of carboxylic acids is 1. The highest BCUT2D eigenvalue weighted by molar-refractivity contribution is 9.11. The average Bonchev–Trinajstić information content (AvgIpc) is 2.71. The lowest BCUT2D eigenvalue weighted by molar-refractivity contribution is 0.0696. The fourth-order valence-corrected chi connectivity index (χ4v) is 3.48. The molecule has 2 aromatic carbocycles. The third-order valence-electron chi connectivity index (χ3n) is 3.28. The molecule has 2 amide bonds. The molecule has 0 saturated heterocycles. The first kappa shape index (κ1) is 14.9. The molecule has 0 saturated carbocycles. The maximum Gasteiger partial charge on any atom is 0.335 e. The molecule has 0 radical (unpaired) electrons. The zero-order valence-electron chi connectivity index (χ0n) is 10.8. The number of imide groups is 1. The van der Waals surface area contributed by atoms with Gasteiger partial charge in [0, 0.05) is 8.95 Å². The second kappa shape index (κ2) is 5.33. The summed E-state index contributed by atoms with van der Waals surface area (Å²) in [5.74, 6) is -2.16. The van der Waals surface area contributed by atoms with Crippen LogP contribution in [0.5, 0.6) is 0 Å². The van der Waals surface area contributed by atoms with E-state index < -0.39 is 17.8 Å². The first-order chi connectivity index (χ1) is 10.4. The number of hydrogen-bond donors (Lipinski definition) is 1. The molecule has 1 aliphatic rings. The molecule has 1 aliphatic heterocycles. The average molecular weight is 425 g/mol. The summed E-state index contributed by atoms with van der Waals surface area (Å²) in [6, 6.07) is 8.98. The van der Waals surface area contributed by atoms with Crippen molar-refractivity contribution >= 4 is 55.3 Å². The van der Waals surface area contributed by atoms with Crippen molar-refractivity contribution in [3.8, 4) is 0 Å². The van der Waals surface area contributed by atoms with Gasteiger partial charge in [0.1, 0.15) is 0 Å². The number of fused-ring (bicyclic) bond motifs is 1. The minimum Gasteiger partial charge on any atom is -0.478 e. The van der Waals surface area contributed by atoms with E-state index in [4.69, 9.17) is 5.11 Å². The molecule has 1 heterocycles. The third-order valence-corrected chi connectivity index (χ3v) is 4.41. The van der Waals surface area contributed by atoms with Crippen molar-refractivity contribution in [2.75, 3.05) is 4.90 Å². The molecule has 3 rings (SSSR count). The number of anilines is 1. The summed E-state index contributed by atoms with van der Waals surface area (Å²) in [7, 11) is 0. The van der Waals surface area contributed by atoms with Gasteiger partial charge in [-0.3, -0.25) is 9.59 Å². The van der Waals surface area contributed by atoms with Gasteiger partial charge in [-0.2, -0.15) is 0 Å². The number of carbonyl (C=O) groups is 3. The molecule has 110 valence electrons. The van der Waals surface area contributed by atoms with Crippen LogP contribution in [0.3, 0.4) is 0 Å². The Balaban J connectivity index is 2.12. The van der Waals surface area contributed by atoms with Crippen LogP contribution in [0.15, 0.2) is 45.3 Å². The van der Waals surface area contributed by atoms with Gasteiger partial charge in [0.15, 0.2) is 0 Å². The molecule has 0 bridgehead atoms. The summed E-state index contributed by atoms with van der Waals surface area (Å²) in [4.78, 5) is 37.0. The largest absolute Gasteiger partial charge is 0.478 e. The van der Waals surface area contributed by atoms with Gasteiger partial charge in [-0.15, -0.1) is 0 Å². The highest BCUT2D eigenvalue weighted by Crippen LogP contribution is 2.35. The van der Waals surface area contributed by atoms with Crippen molar-refractivity contribution in [1.29, 1.82) is 0 Å². The lowest BCUT2D eigenvalue weighted by Crippen LogP contribution is -2.29. The molecule has 1 N–H and O–H groups in total. The molecule has 0 spiro atoms. The Bertz CT molecular complexity index is 847. The number of hydrogen-bond acceptors (Lipinski definition) is 3. The smallest absolute Gasteiger partial charge is 0.335 e. The van der Waals surface area contributed by atoms with Crippen LogP contribution in [0, 0.1) is 0 Å². The minimum absolute atomic E-state index is 0.0309. The molecule has 22 heavy (non-hydrogen) atoms. The van der Waals surface area contributed by atoms with Crippen LogP contribution in [0.25, 0.3) is 0 Å². The van der Waals surface area contributed by atoms with E-state index in [0.717, 1.165) is 9.37 Å². The van der Waals surface area contributed by atoms with E-state index in [1.54, 1.807) is 18.2 Å². The third kappa shape index (κ3) is 2.26. The molecule has 0 unspecified atom stereocenters. The van der Waals surface area contributed by atoms with Gasteiger partial charge in [0.2, 0.25) is 0 Å². The van der Waals surface area contributed by atoms with Crippen LogP contribution in [-0.2, 0) is 0 Å². The van der Waals surface area contributed by atoms with E-state index in [1.807, 2.05) is 0 Å². The molecule has 7 heteroatoms. The van der Waals surface area contributed by atoms with Crippen molar-refractivity contribution in [2.45, 2.75) is 0 Å². The first-order valence-electron chi connectivity index (χ1n) is 6.11. The molecule has 5 nitrogen and oxygen atoms in total. The summed E-state index contributed by atoms with van der Waals surface area (Å²) in [6.45, 7) is 0. The normalized spacial score (nSPS) is 13.5. The molecule has 0 aromatic heterocycles. The number of carbonyl (C=O) groups excluding carboxylic acids is 2. The van der Waals surface area contributed by atoms with Crippen LogP contribution in [0.4, 0.5) is 5.69 Å². The topological polar surface area (TPSA) is 74.7 Å². The van der Waals surface area contributed by atoms with Crippen molar-refractivity contribution < 1.29 is 19.5 Å². The van der Waals surface area contributed by atoms with Crippen LogP contribution in [-0.4, -0.2) is 22.9 Å². The second-order valence-corrected chi connectivity index (χ2v) is 6.38. The number of nitrogens with zero attached hydrogens (tertiary/aromatic N) is 1. The molecular weight excluding hydrogens is 418 g/mol. The SMILES string of the molecule is O=C(O)c1ccc2c(c1)C(=O)N(c1ccc(Br)cc1Br)C2=O. The van der Waals surface area contributed by atoms with Crippen LogP contribution >= 0.6 is 31.9 Å². The minimum atomic E-state index is -1.15. The molecule has 0 atom stereocenters. The zero-order valence-corrected chi connectivity index (χ0v) is 14.0. The van der Waals surface area contributed by atoms with Crippen LogP contribution in [0.2, 0.25) is 0 Å². The van der Waals surface area contributed by atoms with E-state index in [2.05, 4.69) is 31.9 Å². The number of amides is 2. The maximum absolute atomic E-state index is 12.5. The van der Waals surface area contributed by atoms with E-state index in [-0.39, 0.29) is 16.7 Å². The Labute approximate surface area is 141 Å². The summed E-state index contributed by atoms with van der Waals surface area (Å²) < 4.78 is 1.38. The molecule has 0 fully saturated rings. The monoisotopic (exact) mass is 423 g/mol. The number of aromatic carboxylic acids is 1. The number of rotatable bonds is 2. The highest BCUT2D eigenvalue weighted by Gasteiger charge is 2.38. The molecular formula is C15H7Br2NO4. The van der Waals surface area contributed by atoms with Crippen LogP contribution < -0.4 is 4.90 Å². The van der Waals surface area contributed by atoms with E-state index in [0.29, 0.717) is 10.2 Å². The highest BCUT2D eigenvalue weighted by atomic mass is 79.9. The van der Waals surface area contributed by atoms with E-state index in [9.17, 15) is 14.4 Å². The maximum atomic E-state index is 12.5. The van der Waals surface area contributed by atoms with Gasteiger partial charge < -0.3 is 5.11 Å². The summed E-state index contributed by atoms with van der Waals surface area (Å²) in [6.07, 6.45) is 0. The van der Waals surface area contributed by atoms with Crippen molar-refractivity contribution in [1.82, 2.24) is 0 Å². The Kier molecular flexibility index (Phi) is 3.62. The number of benzene rings is 2. The number of carboxylic acid groups (broad SMARTS) is 1. The van der Waals surface area contributed by atoms with Gasteiger partial charge in [-0.1, -0.05) is 15.9 Å². The van der Waals surface area contributed by atoms with E-state index >= 15 is 0 Å². The fraction of sp³-hybridized carbons (Fsp3) is 0. The Morgan fingerprint density at radius 1 is 0.955 bits per heavy atom. The van der Waals surface area contributed by atoms with Gasteiger partial charge in [0.25, 0.3) is 11.8 Å². The predicted octanol–water partition coefficient (Wildman–Crippen LogP) is 3.71. The summed E-state index contributed by atoms with van der Waals surface area (Å²) >= 11 is 6.63. The predicted molar refractivity (Wildman–Crippen MR) is 86.4 cm³/mol. The van der Waals surface area contributed by atoms with Gasteiger partial charge in [0.05, 0.1) is 22.4 Å².